The Bertz CT molecular complexity index is 661. The summed E-state index contributed by atoms with van der Waals surface area (Å²) in [5, 5.41) is -0.0747. The number of aromatic nitrogens is 2. The molecule has 0 radical (unpaired) electrons. The Hall–Kier alpha value is -1.73. The van der Waals surface area contributed by atoms with Crippen LogP contribution in [0, 0.1) is 5.82 Å². The van der Waals surface area contributed by atoms with E-state index < -0.39 is 15.8 Å². The third kappa shape index (κ3) is 2.93. The van der Waals surface area contributed by atoms with Gasteiger partial charge in [-0.3, -0.25) is 4.72 Å². The largest absolute Gasteiger partial charge is 0.263 e. The molecule has 0 amide bonds. The molecule has 1 N–H and O–H groups in total. The lowest BCUT2D eigenvalue weighted by Gasteiger charge is -2.06. The standard InChI is InChI=1S/C10H7ClFN3O2S/c11-10-13-6-5-9(14-10)15-18(16,17)8-3-1-7(12)2-4-8/h1-6H,(H,13,14,15). The van der Waals surface area contributed by atoms with Gasteiger partial charge in [-0.05, 0) is 41.9 Å². The maximum absolute atomic E-state index is 12.7. The highest BCUT2D eigenvalue weighted by Crippen LogP contribution is 2.15. The van der Waals surface area contributed by atoms with E-state index in [4.69, 9.17) is 11.6 Å². The molecule has 2 aromatic rings. The number of hydrogen-bond acceptors (Lipinski definition) is 4. The lowest BCUT2D eigenvalue weighted by Crippen LogP contribution is -2.14. The van der Waals surface area contributed by atoms with Gasteiger partial charge in [0.1, 0.15) is 11.6 Å². The van der Waals surface area contributed by atoms with E-state index in [1.807, 2.05) is 0 Å². The van der Waals surface area contributed by atoms with Gasteiger partial charge in [0.15, 0.2) is 0 Å². The van der Waals surface area contributed by atoms with Crippen LogP contribution in [0.5, 0.6) is 0 Å². The number of halogens is 2. The summed E-state index contributed by atoms with van der Waals surface area (Å²) in [5.41, 5.74) is 0. The third-order valence-electron chi connectivity index (χ3n) is 1.99. The average Bonchev–Trinajstić information content (AvgIpc) is 2.29. The third-order valence-corrected chi connectivity index (χ3v) is 3.54. The molecule has 0 aliphatic rings. The summed E-state index contributed by atoms with van der Waals surface area (Å²) in [6, 6.07) is 5.77. The van der Waals surface area contributed by atoms with Crippen LogP contribution < -0.4 is 4.72 Å². The van der Waals surface area contributed by atoms with Crippen LogP contribution in [0.2, 0.25) is 5.28 Å². The Kier molecular flexibility index (Phi) is 3.44. The van der Waals surface area contributed by atoms with Crippen LogP contribution >= 0.6 is 11.6 Å². The minimum absolute atomic E-state index is 0.0410. The summed E-state index contributed by atoms with van der Waals surface area (Å²) in [6.07, 6.45) is 1.32. The van der Waals surface area contributed by atoms with Gasteiger partial charge in [-0.15, -0.1) is 0 Å². The van der Waals surface area contributed by atoms with Gasteiger partial charge in [-0.1, -0.05) is 0 Å². The first kappa shape index (κ1) is 12.7. The second-order valence-electron chi connectivity index (χ2n) is 3.27. The fraction of sp³-hybridized carbons (Fsp3) is 0. The van der Waals surface area contributed by atoms with Crippen LogP contribution in [0.3, 0.4) is 0 Å². The van der Waals surface area contributed by atoms with E-state index in [-0.39, 0.29) is 16.0 Å². The van der Waals surface area contributed by atoms with Crippen molar-refractivity contribution in [2.45, 2.75) is 4.90 Å². The molecule has 0 fully saturated rings. The molecule has 1 aromatic heterocycles. The molecule has 1 heterocycles. The van der Waals surface area contributed by atoms with Gasteiger partial charge in [-0.2, -0.15) is 4.98 Å². The average molecular weight is 288 g/mol. The molecular weight excluding hydrogens is 281 g/mol. The van der Waals surface area contributed by atoms with Crippen molar-refractivity contribution in [3.63, 3.8) is 0 Å². The van der Waals surface area contributed by atoms with Gasteiger partial charge >= 0.3 is 0 Å². The van der Waals surface area contributed by atoms with Crippen molar-refractivity contribution in [1.82, 2.24) is 9.97 Å². The summed E-state index contributed by atoms with van der Waals surface area (Å²) in [7, 11) is -3.81. The first-order valence-corrected chi connectivity index (χ1v) is 6.60. The van der Waals surface area contributed by atoms with Crippen LogP contribution in [0.4, 0.5) is 10.2 Å². The highest BCUT2D eigenvalue weighted by Gasteiger charge is 2.14. The van der Waals surface area contributed by atoms with E-state index in [0.29, 0.717) is 0 Å². The SMILES string of the molecule is O=S(=O)(Nc1ccnc(Cl)n1)c1ccc(F)cc1. The zero-order chi connectivity index (χ0) is 13.2. The van der Waals surface area contributed by atoms with Crippen molar-refractivity contribution in [3.8, 4) is 0 Å². The lowest BCUT2D eigenvalue weighted by atomic mass is 10.4. The molecule has 18 heavy (non-hydrogen) atoms. The first-order chi connectivity index (χ1) is 8.47. The Morgan fingerprint density at radius 3 is 2.44 bits per heavy atom. The minimum atomic E-state index is -3.81. The number of benzene rings is 1. The van der Waals surface area contributed by atoms with Crippen molar-refractivity contribution in [3.05, 3.63) is 47.6 Å². The smallest absolute Gasteiger partial charge is 0.263 e. The molecule has 1 aromatic carbocycles. The number of nitrogens with zero attached hydrogens (tertiary/aromatic N) is 2. The van der Waals surface area contributed by atoms with Crippen LogP contribution in [0.25, 0.3) is 0 Å². The van der Waals surface area contributed by atoms with E-state index in [2.05, 4.69) is 14.7 Å². The summed E-state index contributed by atoms with van der Waals surface area (Å²) in [5.74, 6) is -0.474. The molecule has 0 spiro atoms. The van der Waals surface area contributed by atoms with Crippen molar-refractivity contribution in [2.75, 3.05) is 4.72 Å². The molecule has 0 aliphatic heterocycles. The second-order valence-corrected chi connectivity index (χ2v) is 5.29. The van der Waals surface area contributed by atoms with E-state index in [9.17, 15) is 12.8 Å². The van der Waals surface area contributed by atoms with Crippen LogP contribution in [-0.4, -0.2) is 18.4 Å². The highest BCUT2D eigenvalue weighted by molar-refractivity contribution is 7.92. The van der Waals surface area contributed by atoms with Crippen LogP contribution in [0.1, 0.15) is 0 Å². The summed E-state index contributed by atoms with van der Waals surface area (Å²) >= 11 is 5.53. The summed E-state index contributed by atoms with van der Waals surface area (Å²) < 4.78 is 38.7. The van der Waals surface area contributed by atoms with Crippen LogP contribution in [-0.2, 0) is 10.0 Å². The van der Waals surface area contributed by atoms with Crippen LogP contribution in [0.15, 0.2) is 41.4 Å². The highest BCUT2D eigenvalue weighted by atomic mass is 35.5. The maximum atomic E-state index is 12.7. The molecule has 94 valence electrons. The minimum Gasteiger partial charge on any atom is -0.263 e. The monoisotopic (exact) mass is 287 g/mol. The normalized spacial score (nSPS) is 11.2. The van der Waals surface area contributed by atoms with E-state index in [1.165, 1.54) is 12.3 Å². The Morgan fingerprint density at radius 2 is 1.83 bits per heavy atom. The lowest BCUT2D eigenvalue weighted by molar-refractivity contribution is 0.599. The molecule has 0 atom stereocenters. The molecule has 0 saturated carbocycles. The second kappa shape index (κ2) is 4.87. The molecular formula is C10H7ClFN3O2S. The van der Waals surface area contributed by atoms with Gasteiger partial charge in [0.05, 0.1) is 4.90 Å². The van der Waals surface area contributed by atoms with Gasteiger partial charge in [0, 0.05) is 6.20 Å². The fourth-order valence-corrected chi connectivity index (χ4v) is 2.35. The first-order valence-electron chi connectivity index (χ1n) is 4.74. The molecule has 0 bridgehead atoms. The Labute approximate surface area is 108 Å². The molecule has 0 aliphatic carbocycles. The quantitative estimate of drug-likeness (QED) is 0.877. The molecule has 0 saturated heterocycles. The number of anilines is 1. The zero-order valence-corrected chi connectivity index (χ0v) is 10.4. The van der Waals surface area contributed by atoms with E-state index in [1.54, 1.807) is 0 Å². The molecule has 5 nitrogen and oxygen atoms in total. The fourth-order valence-electron chi connectivity index (χ4n) is 1.20. The predicted octanol–water partition coefficient (Wildman–Crippen LogP) is 2.07. The predicted molar refractivity (Wildman–Crippen MR) is 64.3 cm³/mol. The number of sulfonamides is 1. The van der Waals surface area contributed by atoms with Gasteiger partial charge in [0.25, 0.3) is 10.0 Å². The molecule has 0 unspecified atom stereocenters. The summed E-state index contributed by atoms with van der Waals surface area (Å²) in [4.78, 5) is 7.24. The Balaban J connectivity index is 2.30. The van der Waals surface area contributed by atoms with Gasteiger partial charge in [-0.25, -0.2) is 17.8 Å². The van der Waals surface area contributed by atoms with Gasteiger partial charge < -0.3 is 0 Å². The number of hydrogen-bond donors (Lipinski definition) is 1. The molecule has 2 rings (SSSR count). The van der Waals surface area contributed by atoms with E-state index >= 15 is 0 Å². The van der Waals surface area contributed by atoms with E-state index in [0.717, 1.165) is 24.3 Å². The van der Waals surface area contributed by atoms with Crippen molar-refractivity contribution in [1.29, 1.82) is 0 Å². The van der Waals surface area contributed by atoms with Crippen molar-refractivity contribution >= 4 is 27.4 Å². The topological polar surface area (TPSA) is 72.0 Å². The van der Waals surface area contributed by atoms with Crippen molar-refractivity contribution < 1.29 is 12.8 Å². The summed E-state index contributed by atoms with van der Waals surface area (Å²) in [6.45, 7) is 0. The number of rotatable bonds is 3. The zero-order valence-electron chi connectivity index (χ0n) is 8.84. The van der Waals surface area contributed by atoms with Gasteiger partial charge in [0.2, 0.25) is 5.28 Å². The molecule has 8 heteroatoms. The Morgan fingerprint density at radius 1 is 1.17 bits per heavy atom. The van der Waals surface area contributed by atoms with Crippen molar-refractivity contribution in [2.24, 2.45) is 0 Å². The number of nitrogens with one attached hydrogen (secondary N) is 1. The maximum Gasteiger partial charge on any atom is 0.263 e.